The van der Waals surface area contributed by atoms with Gasteiger partial charge in [0.2, 0.25) is 0 Å². The van der Waals surface area contributed by atoms with Gasteiger partial charge in [0, 0.05) is 24.1 Å². The molecule has 0 unspecified atom stereocenters. The van der Waals surface area contributed by atoms with Crippen molar-refractivity contribution in [1.82, 2.24) is 20.2 Å². The fourth-order valence-electron chi connectivity index (χ4n) is 1.49. The molecule has 0 bridgehead atoms. The molecule has 0 radical (unpaired) electrons. The molecule has 0 aliphatic carbocycles. The van der Waals surface area contributed by atoms with Crippen LogP contribution in [-0.4, -0.2) is 20.2 Å². The molecule has 7 heteroatoms. The molecular formula is C11H16N6O. The summed E-state index contributed by atoms with van der Waals surface area (Å²) < 4.78 is 0. The van der Waals surface area contributed by atoms with Gasteiger partial charge in [-0.25, -0.2) is 4.98 Å². The van der Waals surface area contributed by atoms with E-state index in [9.17, 15) is 4.79 Å². The van der Waals surface area contributed by atoms with Gasteiger partial charge < -0.3 is 16.0 Å². The molecule has 0 amide bonds. The van der Waals surface area contributed by atoms with Gasteiger partial charge in [-0.3, -0.25) is 9.89 Å². The molecule has 2 aromatic heterocycles. The molecule has 5 N–H and O–H groups in total. The van der Waals surface area contributed by atoms with Gasteiger partial charge in [-0.1, -0.05) is 13.8 Å². The molecule has 0 aliphatic heterocycles. The molecule has 0 aliphatic rings. The summed E-state index contributed by atoms with van der Waals surface area (Å²) in [5.41, 5.74) is 6.33. The van der Waals surface area contributed by atoms with Crippen molar-refractivity contribution in [1.29, 1.82) is 0 Å². The lowest BCUT2D eigenvalue weighted by Crippen LogP contribution is -2.14. The van der Waals surface area contributed by atoms with Crippen molar-refractivity contribution in [3.05, 3.63) is 34.0 Å². The number of aromatic amines is 2. The van der Waals surface area contributed by atoms with E-state index in [0.717, 1.165) is 5.56 Å². The molecule has 2 rings (SSSR count). The Morgan fingerprint density at radius 2 is 2.28 bits per heavy atom. The van der Waals surface area contributed by atoms with Gasteiger partial charge in [-0.05, 0) is 0 Å². The van der Waals surface area contributed by atoms with Gasteiger partial charge in [-0.2, -0.15) is 5.10 Å². The molecule has 18 heavy (non-hydrogen) atoms. The average Bonchev–Trinajstić information content (AvgIpc) is 2.71. The molecule has 0 aromatic carbocycles. The first-order valence-electron chi connectivity index (χ1n) is 5.69. The minimum atomic E-state index is -0.170. The fraction of sp³-hybridized carbons (Fsp3) is 0.364. The second-order valence-electron chi connectivity index (χ2n) is 4.33. The standard InChI is InChI=1S/C11H16N6O/c1-6(2)11-15-8(3-9(18)16-11)13-4-7-5-14-17-10(7)12/h3,5-6H,4H2,1-2H3,(H3,12,14,17)(H2,13,15,16,18). The Bertz CT molecular complexity index is 585. The lowest BCUT2D eigenvalue weighted by Gasteiger charge is -2.08. The number of anilines is 2. The third-order valence-electron chi connectivity index (χ3n) is 2.52. The van der Waals surface area contributed by atoms with Crippen molar-refractivity contribution >= 4 is 11.6 Å². The predicted octanol–water partition coefficient (Wildman–Crippen LogP) is 0.811. The van der Waals surface area contributed by atoms with Crippen molar-refractivity contribution < 1.29 is 0 Å². The number of hydrogen-bond acceptors (Lipinski definition) is 5. The zero-order valence-corrected chi connectivity index (χ0v) is 10.3. The number of rotatable bonds is 4. The first-order chi connectivity index (χ1) is 8.56. The highest BCUT2D eigenvalue weighted by Crippen LogP contribution is 2.11. The summed E-state index contributed by atoms with van der Waals surface area (Å²) in [7, 11) is 0. The quantitative estimate of drug-likeness (QED) is 0.639. The Morgan fingerprint density at radius 3 is 2.89 bits per heavy atom. The average molecular weight is 248 g/mol. The summed E-state index contributed by atoms with van der Waals surface area (Å²) in [5, 5.41) is 9.52. The maximum Gasteiger partial charge on any atom is 0.252 e. The van der Waals surface area contributed by atoms with E-state index in [1.54, 1.807) is 6.20 Å². The second-order valence-corrected chi connectivity index (χ2v) is 4.33. The molecule has 96 valence electrons. The van der Waals surface area contributed by atoms with Crippen LogP contribution in [0.15, 0.2) is 17.1 Å². The molecule has 0 spiro atoms. The number of nitrogens with zero attached hydrogens (tertiary/aromatic N) is 2. The molecule has 2 heterocycles. The van der Waals surface area contributed by atoms with Gasteiger partial charge in [0.15, 0.2) is 0 Å². The molecule has 2 aromatic rings. The Labute approximate surface area is 104 Å². The fourth-order valence-corrected chi connectivity index (χ4v) is 1.49. The number of nitrogen functional groups attached to an aromatic ring is 1. The van der Waals surface area contributed by atoms with Crippen LogP contribution in [-0.2, 0) is 6.54 Å². The third kappa shape index (κ3) is 2.68. The van der Waals surface area contributed by atoms with Gasteiger partial charge in [0.05, 0.1) is 6.20 Å². The van der Waals surface area contributed by atoms with Crippen LogP contribution < -0.4 is 16.6 Å². The predicted molar refractivity (Wildman–Crippen MR) is 69.3 cm³/mol. The van der Waals surface area contributed by atoms with Gasteiger partial charge in [-0.15, -0.1) is 0 Å². The van der Waals surface area contributed by atoms with E-state index < -0.39 is 0 Å². The van der Waals surface area contributed by atoms with E-state index in [4.69, 9.17) is 5.73 Å². The van der Waals surface area contributed by atoms with E-state index >= 15 is 0 Å². The summed E-state index contributed by atoms with van der Waals surface area (Å²) >= 11 is 0. The van der Waals surface area contributed by atoms with Crippen molar-refractivity contribution in [2.45, 2.75) is 26.3 Å². The summed E-state index contributed by atoms with van der Waals surface area (Å²) in [5.74, 6) is 1.86. The maximum atomic E-state index is 11.5. The van der Waals surface area contributed by atoms with E-state index in [-0.39, 0.29) is 11.5 Å². The molecule has 0 saturated heterocycles. The summed E-state index contributed by atoms with van der Waals surface area (Å²) in [6.45, 7) is 4.41. The highest BCUT2D eigenvalue weighted by molar-refractivity contribution is 5.41. The topological polar surface area (TPSA) is 112 Å². The van der Waals surface area contributed by atoms with Crippen LogP contribution in [0.5, 0.6) is 0 Å². The number of hydrogen-bond donors (Lipinski definition) is 4. The molecule has 0 saturated carbocycles. The molecule has 0 fully saturated rings. The van der Waals surface area contributed by atoms with Crippen LogP contribution >= 0.6 is 0 Å². The highest BCUT2D eigenvalue weighted by atomic mass is 16.1. The zero-order chi connectivity index (χ0) is 13.1. The normalized spacial score (nSPS) is 10.8. The Kier molecular flexibility index (Phi) is 3.31. The first kappa shape index (κ1) is 12.2. The van der Waals surface area contributed by atoms with Crippen LogP contribution in [0.25, 0.3) is 0 Å². The minimum Gasteiger partial charge on any atom is -0.384 e. The van der Waals surface area contributed by atoms with Crippen molar-refractivity contribution in [3.8, 4) is 0 Å². The van der Waals surface area contributed by atoms with Crippen LogP contribution in [0.3, 0.4) is 0 Å². The van der Waals surface area contributed by atoms with E-state index in [1.807, 2.05) is 13.8 Å². The third-order valence-corrected chi connectivity index (χ3v) is 2.52. The number of nitrogens with two attached hydrogens (primary N) is 1. The summed E-state index contributed by atoms with van der Waals surface area (Å²) in [4.78, 5) is 18.5. The molecular weight excluding hydrogens is 232 g/mol. The van der Waals surface area contributed by atoms with Crippen LogP contribution in [0.4, 0.5) is 11.6 Å². The monoisotopic (exact) mass is 248 g/mol. The van der Waals surface area contributed by atoms with Crippen molar-refractivity contribution in [2.24, 2.45) is 0 Å². The minimum absolute atomic E-state index is 0.165. The first-order valence-corrected chi connectivity index (χ1v) is 5.69. The van der Waals surface area contributed by atoms with Gasteiger partial charge in [0.25, 0.3) is 5.56 Å². The van der Waals surface area contributed by atoms with Crippen LogP contribution in [0.1, 0.15) is 31.2 Å². The molecule has 7 nitrogen and oxygen atoms in total. The van der Waals surface area contributed by atoms with Crippen molar-refractivity contribution in [2.75, 3.05) is 11.1 Å². The second kappa shape index (κ2) is 4.91. The van der Waals surface area contributed by atoms with E-state index in [1.165, 1.54) is 6.07 Å². The SMILES string of the molecule is CC(C)c1nc(NCc2cn[nH]c2N)cc(=O)[nH]1. The van der Waals surface area contributed by atoms with E-state index in [0.29, 0.717) is 24.0 Å². The summed E-state index contributed by atoms with van der Waals surface area (Å²) in [6, 6.07) is 1.42. The summed E-state index contributed by atoms with van der Waals surface area (Å²) in [6.07, 6.45) is 1.64. The molecule has 0 atom stereocenters. The lowest BCUT2D eigenvalue weighted by molar-refractivity contribution is 0.767. The van der Waals surface area contributed by atoms with Crippen LogP contribution in [0.2, 0.25) is 0 Å². The Hall–Kier alpha value is -2.31. The van der Waals surface area contributed by atoms with Gasteiger partial charge in [0.1, 0.15) is 17.5 Å². The largest absolute Gasteiger partial charge is 0.384 e. The number of aromatic nitrogens is 4. The number of H-pyrrole nitrogens is 2. The smallest absolute Gasteiger partial charge is 0.252 e. The van der Waals surface area contributed by atoms with Crippen LogP contribution in [0, 0.1) is 0 Å². The Balaban J connectivity index is 2.14. The maximum absolute atomic E-state index is 11.5. The lowest BCUT2D eigenvalue weighted by atomic mass is 10.2. The van der Waals surface area contributed by atoms with Gasteiger partial charge >= 0.3 is 0 Å². The Morgan fingerprint density at radius 1 is 1.50 bits per heavy atom. The van der Waals surface area contributed by atoms with Crippen molar-refractivity contribution in [3.63, 3.8) is 0 Å². The zero-order valence-electron chi connectivity index (χ0n) is 10.3. The van der Waals surface area contributed by atoms with E-state index in [2.05, 4.69) is 25.5 Å². The number of nitrogens with one attached hydrogen (secondary N) is 3. The highest BCUT2D eigenvalue weighted by Gasteiger charge is 2.06.